The van der Waals surface area contributed by atoms with Gasteiger partial charge in [-0.3, -0.25) is 15.1 Å². The highest BCUT2D eigenvalue weighted by atomic mass is 19.1. The van der Waals surface area contributed by atoms with Crippen LogP contribution in [-0.4, -0.2) is 37.2 Å². The lowest BCUT2D eigenvalue weighted by Crippen LogP contribution is -1.87. The van der Waals surface area contributed by atoms with E-state index >= 15 is 0 Å². The van der Waals surface area contributed by atoms with Crippen molar-refractivity contribution in [3.8, 4) is 39.5 Å². The molecule has 5 heterocycles. The Balaban J connectivity index is 1.50. The van der Waals surface area contributed by atoms with Crippen LogP contribution in [0.4, 0.5) is 4.39 Å². The molecule has 0 saturated heterocycles. The molecule has 0 aliphatic rings. The average molecular weight is 436 g/mol. The van der Waals surface area contributed by atoms with Crippen LogP contribution in [0.1, 0.15) is 0 Å². The molecule has 7 nitrogen and oxygen atoms in total. The fourth-order valence-electron chi connectivity index (χ4n) is 4.00. The van der Waals surface area contributed by atoms with Gasteiger partial charge >= 0.3 is 0 Å². The number of methoxy groups -OCH3 is 1. The maximum absolute atomic E-state index is 14.5. The summed E-state index contributed by atoms with van der Waals surface area (Å²) in [4.78, 5) is 16.6. The molecule has 1 aromatic carbocycles. The fourth-order valence-corrected chi connectivity index (χ4v) is 4.00. The SMILES string of the molecule is COc1cncc(-c2cnc3[nH]nc(-c4cc5c(-c6ccccc6F)nccc5[nH]4)c3c2)c1. The zero-order chi connectivity index (χ0) is 22.4. The van der Waals surface area contributed by atoms with E-state index in [4.69, 9.17) is 4.74 Å². The maximum atomic E-state index is 14.5. The molecule has 6 aromatic rings. The van der Waals surface area contributed by atoms with E-state index in [1.807, 2.05) is 24.3 Å². The van der Waals surface area contributed by atoms with Crippen molar-refractivity contribution < 1.29 is 9.13 Å². The molecule has 0 radical (unpaired) electrons. The predicted molar refractivity (Wildman–Crippen MR) is 124 cm³/mol. The number of nitrogens with one attached hydrogen (secondary N) is 2. The number of H-pyrrole nitrogens is 2. The first kappa shape index (κ1) is 19.1. The number of aromatic amines is 2. The van der Waals surface area contributed by atoms with Gasteiger partial charge in [0.15, 0.2) is 5.65 Å². The van der Waals surface area contributed by atoms with E-state index in [0.29, 0.717) is 28.3 Å². The van der Waals surface area contributed by atoms with Crippen molar-refractivity contribution in [1.29, 1.82) is 0 Å². The summed E-state index contributed by atoms with van der Waals surface area (Å²) in [7, 11) is 1.61. The lowest BCUT2D eigenvalue weighted by Gasteiger charge is -2.04. The summed E-state index contributed by atoms with van der Waals surface area (Å²) in [5.41, 5.74) is 5.81. The molecule has 0 amide bonds. The van der Waals surface area contributed by atoms with Crippen LogP contribution in [-0.2, 0) is 0 Å². The first-order valence-corrected chi connectivity index (χ1v) is 10.3. The van der Waals surface area contributed by atoms with Crippen LogP contribution in [0.2, 0.25) is 0 Å². The largest absolute Gasteiger partial charge is 0.495 e. The van der Waals surface area contributed by atoms with E-state index in [1.165, 1.54) is 6.07 Å². The van der Waals surface area contributed by atoms with Crippen molar-refractivity contribution in [3.05, 3.63) is 79.1 Å². The van der Waals surface area contributed by atoms with Crippen LogP contribution >= 0.6 is 0 Å². The third kappa shape index (κ3) is 3.20. The summed E-state index contributed by atoms with van der Waals surface area (Å²) in [5.74, 6) is 0.356. The van der Waals surface area contributed by atoms with Crippen molar-refractivity contribution in [2.45, 2.75) is 0 Å². The van der Waals surface area contributed by atoms with Gasteiger partial charge in [0.25, 0.3) is 0 Å². The van der Waals surface area contributed by atoms with E-state index in [9.17, 15) is 4.39 Å². The number of nitrogens with zero attached hydrogens (tertiary/aromatic N) is 4. The van der Waals surface area contributed by atoms with Gasteiger partial charge in [-0.2, -0.15) is 5.10 Å². The molecule has 0 saturated carbocycles. The molecule has 0 atom stereocenters. The summed E-state index contributed by atoms with van der Waals surface area (Å²) >= 11 is 0. The Morgan fingerprint density at radius 2 is 1.76 bits per heavy atom. The number of rotatable bonds is 4. The molecule has 8 heteroatoms. The number of ether oxygens (including phenoxy) is 1. The lowest BCUT2D eigenvalue weighted by atomic mass is 10.1. The Labute approximate surface area is 187 Å². The Morgan fingerprint density at radius 3 is 2.64 bits per heavy atom. The minimum Gasteiger partial charge on any atom is -0.495 e. The van der Waals surface area contributed by atoms with E-state index < -0.39 is 0 Å². The molecule has 0 aliphatic carbocycles. The van der Waals surface area contributed by atoms with E-state index in [2.05, 4.69) is 30.1 Å². The predicted octanol–water partition coefficient (Wildman–Crippen LogP) is 5.38. The lowest BCUT2D eigenvalue weighted by molar-refractivity contribution is 0.413. The van der Waals surface area contributed by atoms with Gasteiger partial charge in [0.05, 0.1) is 24.7 Å². The van der Waals surface area contributed by atoms with E-state index in [-0.39, 0.29) is 5.82 Å². The number of fused-ring (bicyclic) bond motifs is 2. The summed E-state index contributed by atoms with van der Waals surface area (Å²) < 4.78 is 19.8. The van der Waals surface area contributed by atoms with Crippen LogP contribution in [0, 0.1) is 5.82 Å². The standard InChI is InChI=1S/C25H17FN6O/c1-33-16-8-14(11-27-13-16)15-9-19-24(31-32-25(19)29-12-15)22-10-18-21(30-22)6-7-28-23(18)17-4-2-3-5-20(17)26/h2-13,30H,1H3,(H,29,31,32). The fraction of sp³-hybridized carbons (Fsp3) is 0.0400. The number of aromatic nitrogens is 6. The summed E-state index contributed by atoms with van der Waals surface area (Å²) in [6.45, 7) is 0. The quantitative estimate of drug-likeness (QED) is 0.387. The monoisotopic (exact) mass is 436 g/mol. The molecular formula is C25H17FN6O. The van der Waals surface area contributed by atoms with Gasteiger partial charge < -0.3 is 9.72 Å². The summed E-state index contributed by atoms with van der Waals surface area (Å²) in [6.07, 6.45) is 6.86. The minimum atomic E-state index is -0.314. The van der Waals surface area contributed by atoms with Gasteiger partial charge in [0.2, 0.25) is 0 Å². The smallest absolute Gasteiger partial charge is 0.155 e. The van der Waals surface area contributed by atoms with E-state index in [0.717, 1.165) is 33.1 Å². The summed E-state index contributed by atoms with van der Waals surface area (Å²) in [5, 5.41) is 9.15. The molecule has 0 spiro atoms. The number of halogens is 1. The van der Waals surface area contributed by atoms with Crippen molar-refractivity contribution in [2.24, 2.45) is 0 Å². The highest BCUT2D eigenvalue weighted by Gasteiger charge is 2.16. The summed E-state index contributed by atoms with van der Waals surface area (Å²) in [6, 6.07) is 14.4. The van der Waals surface area contributed by atoms with Crippen LogP contribution in [0.25, 0.3) is 55.7 Å². The maximum Gasteiger partial charge on any atom is 0.155 e. The Morgan fingerprint density at radius 1 is 0.879 bits per heavy atom. The first-order chi connectivity index (χ1) is 16.2. The molecule has 0 fully saturated rings. The number of hydrogen-bond donors (Lipinski definition) is 2. The normalized spacial score (nSPS) is 11.3. The zero-order valence-corrected chi connectivity index (χ0v) is 17.5. The second-order valence-corrected chi connectivity index (χ2v) is 7.59. The molecule has 160 valence electrons. The van der Waals surface area contributed by atoms with Gasteiger partial charge in [-0.25, -0.2) is 9.37 Å². The van der Waals surface area contributed by atoms with Gasteiger partial charge in [-0.15, -0.1) is 0 Å². The van der Waals surface area contributed by atoms with Gasteiger partial charge in [0.1, 0.15) is 17.3 Å². The van der Waals surface area contributed by atoms with Gasteiger partial charge in [0, 0.05) is 51.6 Å². The Kier molecular flexibility index (Phi) is 4.36. The van der Waals surface area contributed by atoms with Crippen molar-refractivity contribution in [1.82, 2.24) is 30.1 Å². The van der Waals surface area contributed by atoms with Crippen LogP contribution in [0.3, 0.4) is 0 Å². The minimum absolute atomic E-state index is 0.314. The molecule has 0 aliphatic heterocycles. The molecule has 33 heavy (non-hydrogen) atoms. The number of hydrogen-bond acceptors (Lipinski definition) is 5. The number of benzene rings is 1. The highest BCUT2D eigenvalue weighted by molar-refractivity contribution is 6.00. The van der Waals surface area contributed by atoms with Crippen LogP contribution < -0.4 is 4.74 Å². The average Bonchev–Trinajstić information content (AvgIpc) is 3.48. The molecule has 6 rings (SSSR count). The van der Waals surface area contributed by atoms with Crippen molar-refractivity contribution in [3.63, 3.8) is 0 Å². The van der Waals surface area contributed by atoms with Crippen LogP contribution in [0.15, 0.2) is 73.3 Å². The molecule has 0 unspecified atom stereocenters. The third-order valence-corrected chi connectivity index (χ3v) is 5.63. The Bertz CT molecular complexity index is 1640. The topological polar surface area (TPSA) is 92.4 Å². The molecular weight excluding hydrogens is 419 g/mol. The van der Waals surface area contributed by atoms with Crippen molar-refractivity contribution in [2.75, 3.05) is 7.11 Å². The van der Waals surface area contributed by atoms with E-state index in [1.54, 1.807) is 50.1 Å². The second-order valence-electron chi connectivity index (χ2n) is 7.59. The number of pyridine rings is 3. The molecule has 2 N–H and O–H groups in total. The van der Waals surface area contributed by atoms with Crippen LogP contribution in [0.5, 0.6) is 5.75 Å². The van der Waals surface area contributed by atoms with Crippen molar-refractivity contribution >= 4 is 21.9 Å². The van der Waals surface area contributed by atoms with Gasteiger partial charge in [-0.05, 0) is 36.4 Å². The second kappa shape index (κ2) is 7.52. The molecule has 0 bridgehead atoms. The first-order valence-electron chi connectivity index (χ1n) is 10.3. The zero-order valence-electron chi connectivity index (χ0n) is 17.5. The third-order valence-electron chi connectivity index (χ3n) is 5.63. The Hall–Kier alpha value is -4.59. The van der Waals surface area contributed by atoms with Gasteiger partial charge in [-0.1, -0.05) is 12.1 Å². The highest BCUT2D eigenvalue weighted by Crippen LogP contribution is 2.34. The molecule has 5 aromatic heterocycles.